The number of benzene rings is 1. The maximum Gasteiger partial charge on any atom is 0.338 e. The standard InChI is InChI=1S/C19H28O2/c1-4-5-6-7-8-9-10-11-17-12-14-18(15-13-17)21-19(20)16(2)3/h12-15H,2,4-11H2,1,3H3. The molecule has 0 N–H and O–H groups in total. The van der Waals surface area contributed by atoms with Crippen molar-refractivity contribution in [3.05, 3.63) is 42.0 Å². The molecule has 2 heteroatoms. The van der Waals surface area contributed by atoms with Gasteiger partial charge in [0.2, 0.25) is 0 Å². The monoisotopic (exact) mass is 288 g/mol. The first-order chi connectivity index (χ1) is 10.1. The highest BCUT2D eigenvalue weighted by atomic mass is 16.5. The summed E-state index contributed by atoms with van der Waals surface area (Å²) in [5.74, 6) is 0.223. The summed E-state index contributed by atoms with van der Waals surface area (Å²) in [5.41, 5.74) is 1.72. The van der Waals surface area contributed by atoms with E-state index in [-0.39, 0.29) is 5.97 Å². The summed E-state index contributed by atoms with van der Waals surface area (Å²) < 4.78 is 5.17. The molecule has 0 aromatic heterocycles. The van der Waals surface area contributed by atoms with Crippen molar-refractivity contribution < 1.29 is 9.53 Å². The molecule has 1 rings (SSSR count). The lowest BCUT2D eigenvalue weighted by molar-refractivity contribution is -0.130. The molecule has 0 radical (unpaired) electrons. The molecular weight excluding hydrogens is 260 g/mol. The average Bonchev–Trinajstić information content (AvgIpc) is 2.48. The maximum absolute atomic E-state index is 11.4. The van der Waals surface area contributed by atoms with Gasteiger partial charge in [-0.1, -0.05) is 64.2 Å². The van der Waals surface area contributed by atoms with Crippen molar-refractivity contribution >= 4 is 5.97 Å². The third-order valence-electron chi connectivity index (χ3n) is 3.55. The third-order valence-corrected chi connectivity index (χ3v) is 3.55. The van der Waals surface area contributed by atoms with E-state index in [4.69, 9.17) is 4.74 Å². The molecule has 0 aliphatic heterocycles. The van der Waals surface area contributed by atoms with Crippen molar-refractivity contribution in [1.29, 1.82) is 0 Å². The van der Waals surface area contributed by atoms with Gasteiger partial charge in [0, 0.05) is 5.57 Å². The number of unbranched alkanes of at least 4 members (excludes halogenated alkanes) is 6. The van der Waals surface area contributed by atoms with E-state index < -0.39 is 0 Å². The summed E-state index contributed by atoms with van der Waals surface area (Å²) in [6, 6.07) is 7.80. The summed E-state index contributed by atoms with van der Waals surface area (Å²) in [7, 11) is 0. The van der Waals surface area contributed by atoms with Crippen LogP contribution in [0.5, 0.6) is 5.75 Å². The molecule has 0 fully saturated rings. The number of aryl methyl sites for hydroxylation is 1. The summed E-state index contributed by atoms with van der Waals surface area (Å²) in [6.07, 6.45) is 10.4. The van der Waals surface area contributed by atoms with Crippen LogP contribution in [0.25, 0.3) is 0 Å². The Morgan fingerprint density at radius 1 is 1.00 bits per heavy atom. The van der Waals surface area contributed by atoms with Crippen molar-refractivity contribution in [3.63, 3.8) is 0 Å². The van der Waals surface area contributed by atoms with Crippen LogP contribution >= 0.6 is 0 Å². The molecule has 0 spiro atoms. The molecule has 0 saturated carbocycles. The molecule has 116 valence electrons. The lowest BCUT2D eigenvalue weighted by Crippen LogP contribution is -2.07. The molecule has 0 unspecified atom stereocenters. The van der Waals surface area contributed by atoms with E-state index in [1.165, 1.54) is 50.5 Å². The molecule has 0 saturated heterocycles. The van der Waals surface area contributed by atoms with Crippen LogP contribution in [0.2, 0.25) is 0 Å². The highest BCUT2D eigenvalue weighted by Crippen LogP contribution is 2.16. The van der Waals surface area contributed by atoms with Crippen LogP contribution < -0.4 is 4.74 Å². The Kier molecular flexibility index (Phi) is 8.49. The van der Waals surface area contributed by atoms with Gasteiger partial charge in [0.15, 0.2) is 0 Å². The second kappa shape index (κ2) is 10.2. The van der Waals surface area contributed by atoms with Crippen molar-refractivity contribution in [3.8, 4) is 5.75 Å². The first kappa shape index (κ1) is 17.5. The van der Waals surface area contributed by atoms with E-state index in [2.05, 4.69) is 13.5 Å². The molecule has 0 aliphatic rings. The molecular formula is C19H28O2. The largest absolute Gasteiger partial charge is 0.423 e. The minimum atomic E-state index is -0.366. The third kappa shape index (κ3) is 7.69. The minimum Gasteiger partial charge on any atom is -0.423 e. The predicted molar refractivity (Wildman–Crippen MR) is 88.6 cm³/mol. The molecule has 2 nitrogen and oxygen atoms in total. The molecule has 21 heavy (non-hydrogen) atoms. The Hall–Kier alpha value is -1.57. The van der Waals surface area contributed by atoms with E-state index in [0.29, 0.717) is 11.3 Å². The predicted octanol–water partition coefficient (Wildman–Crippen LogP) is 5.46. The van der Waals surface area contributed by atoms with E-state index in [0.717, 1.165) is 6.42 Å². The Bertz CT molecular complexity index is 431. The second-order valence-corrected chi connectivity index (χ2v) is 5.69. The Morgan fingerprint density at radius 2 is 1.57 bits per heavy atom. The zero-order chi connectivity index (χ0) is 15.5. The molecule has 0 amide bonds. The second-order valence-electron chi connectivity index (χ2n) is 5.69. The lowest BCUT2D eigenvalue weighted by Gasteiger charge is -2.06. The number of carbonyl (C=O) groups is 1. The van der Waals surface area contributed by atoms with E-state index >= 15 is 0 Å². The molecule has 1 aromatic carbocycles. The highest BCUT2D eigenvalue weighted by Gasteiger charge is 2.04. The Morgan fingerprint density at radius 3 is 2.14 bits per heavy atom. The van der Waals surface area contributed by atoms with Gasteiger partial charge in [0.25, 0.3) is 0 Å². The Balaban J connectivity index is 2.22. The quantitative estimate of drug-likeness (QED) is 0.247. The summed E-state index contributed by atoms with van der Waals surface area (Å²) in [6.45, 7) is 7.47. The topological polar surface area (TPSA) is 26.3 Å². The zero-order valence-electron chi connectivity index (χ0n) is 13.5. The summed E-state index contributed by atoms with van der Waals surface area (Å²) in [5, 5.41) is 0. The van der Waals surface area contributed by atoms with Crippen LogP contribution in [0.15, 0.2) is 36.4 Å². The van der Waals surface area contributed by atoms with Gasteiger partial charge in [0.1, 0.15) is 5.75 Å². The van der Waals surface area contributed by atoms with Crippen molar-refractivity contribution in [2.45, 2.75) is 65.2 Å². The van der Waals surface area contributed by atoms with Crippen LogP contribution in [0, 0.1) is 0 Å². The van der Waals surface area contributed by atoms with Gasteiger partial charge in [-0.05, 0) is 37.5 Å². The first-order valence-corrected chi connectivity index (χ1v) is 8.10. The summed E-state index contributed by atoms with van der Waals surface area (Å²) >= 11 is 0. The number of rotatable bonds is 10. The van der Waals surface area contributed by atoms with Gasteiger partial charge in [0.05, 0.1) is 0 Å². The van der Waals surface area contributed by atoms with Gasteiger partial charge < -0.3 is 4.74 Å². The molecule has 0 heterocycles. The fourth-order valence-electron chi connectivity index (χ4n) is 2.20. The van der Waals surface area contributed by atoms with Crippen LogP contribution in [-0.2, 0) is 11.2 Å². The van der Waals surface area contributed by atoms with Crippen LogP contribution in [0.4, 0.5) is 0 Å². The maximum atomic E-state index is 11.4. The first-order valence-electron chi connectivity index (χ1n) is 8.10. The van der Waals surface area contributed by atoms with Gasteiger partial charge in [-0.2, -0.15) is 0 Å². The van der Waals surface area contributed by atoms with Gasteiger partial charge in [-0.3, -0.25) is 0 Å². The molecule has 0 bridgehead atoms. The molecule has 0 atom stereocenters. The van der Waals surface area contributed by atoms with E-state index in [1.807, 2.05) is 24.3 Å². The van der Waals surface area contributed by atoms with Gasteiger partial charge in [-0.25, -0.2) is 4.79 Å². The summed E-state index contributed by atoms with van der Waals surface area (Å²) in [4.78, 5) is 11.4. The molecule has 1 aromatic rings. The smallest absolute Gasteiger partial charge is 0.338 e. The number of ether oxygens (including phenoxy) is 1. The fraction of sp³-hybridized carbons (Fsp3) is 0.526. The van der Waals surface area contributed by atoms with Crippen molar-refractivity contribution in [1.82, 2.24) is 0 Å². The van der Waals surface area contributed by atoms with Crippen molar-refractivity contribution in [2.75, 3.05) is 0 Å². The number of hydrogen-bond acceptors (Lipinski definition) is 2. The normalized spacial score (nSPS) is 10.4. The van der Waals surface area contributed by atoms with Gasteiger partial charge >= 0.3 is 5.97 Å². The van der Waals surface area contributed by atoms with Crippen LogP contribution in [0.3, 0.4) is 0 Å². The zero-order valence-corrected chi connectivity index (χ0v) is 13.5. The Labute approximate surface area is 129 Å². The molecule has 0 aliphatic carbocycles. The van der Waals surface area contributed by atoms with E-state index in [9.17, 15) is 4.79 Å². The highest BCUT2D eigenvalue weighted by molar-refractivity contribution is 5.88. The average molecular weight is 288 g/mol. The lowest BCUT2D eigenvalue weighted by atomic mass is 10.0. The SMILES string of the molecule is C=C(C)C(=O)Oc1ccc(CCCCCCCCC)cc1. The van der Waals surface area contributed by atoms with Crippen LogP contribution in [0.1, 0.15) is 64.4 Å². The number of carbonyl (C=O) groups excluding carboxylic acids is 1. The van der Waals surface area contributed by atoms with Crippen LogP contribution in [-0.4, -0.2) is 5.97 Å². The minimum absolute atomic E-state index is 0.366. The fourth-order valence-corrected chi connectivity index (χ4v) is 2.20. The van der Waals surface area contributed by atoms with Crippen molar-refractivity contribution in [2.24, 2.45) is 0 Å². The number of hydrogen-bond donors (Lipinski definition) is 0. The van der Waals surface area contributed by atoms with Gasteiger partial charge in [-0.15, -0.1) is 0 Å². The van der Waals surface area contributed by atoms with E-state index in [1.54, 1.807) is 6.92 Å². The number of esters is 1.